The highest BCUT2D eigenvalue weighted by Crippen LogP contribution is 2.19. The van der Waals surface area contributed by atoms with Gasteiger partial charge in [0, 0.05) is 17.8 Å². The molecule has 2 heterocycles. The third kappa shape index (κ3) is 2.02. The van der Waals surface area contributed by atoms with Gasteiger partial charge in [-0.05, 0) is 24.3 Å². The van der Waals surface area contributed by atoms with Gasteiger partial charge < -0.3 is 0 Å². The van der Waals surface area contributed by atoms with Crippen molar-refractivity contribution in [1.82, 2.24) is 14.6 Å². The third-order valence-corrected chi connectivity index (χ3v) is 2.58. The lowest BCUT2D eigenvalue weighted by Gasteiger charge is -1.95. The van der Waals surface area contributed by atoms with Gasteiger partial charge in [0.25, 0.3) is 0 Å². The van der Waals surface area contributed by atoms with Gasteiger partial charge in [-0.25, -0.2) is 18.3 Å². The first-order valence-electron chi connectivity index (χ1n) is 5.39. The van der Waals surface area contributed by atoms with Crippen molar-refractivity contribution in [3.63, 3.8) is 0 Å². The number of nitriles is 1. The number of rotatable bonds is 1. The number of nitrogens with zero attached hydrogens (tertiary/aromatic N) is 4. The largest absolute Gasteiger partial charge is 0.219 e. The van der Waals surface area contributed by atoms with E-state index in [0.29, 0.717) is 11.2 Å². The Morgan fingerprint density at radius 1 is 1.11 bits per heavy atom. The minimum absolute atomic E-state index is 0.202. The second-order valence-corrected chi connectivity index (χ2v) is 3.93. The number of fused-ring (bicyclic) bond motifs is 1. The maximum absolute atomic E-state index is 13.1. The van der Waals surface area contributed by atoms with Crippen molar-refractivity contribution < 1.29 is 8.78 Å². The van der Waals surface area contributed by atoms with Crippen LogP contribution in [-0.2, 0) is 0 Å². The summed E-state index contributed by atoms with van der Waals surface area (Å²) in [6, 6.07) is 8.29. The molecule has 0 spiro atoms. The van der Waals surface area contributed by atoms with Gasteiger partial charge in [-0.1, -0.05) is 0 Å². The Bertz CT molecular complexity index is 797. The maximum atomic E-state index is 13.1. The topological polar surface area (TPSA) is 54.0 Å². The summed E-state index contributed by atoms with van der Waals surface area (Å²) in [5.41, 5.74) is 1.17. The zero-order chi connectivity index (χ0) is 13.4. The minimum atomic E-state index is -0.688. The first-order chi connectivity index (χ1) is 9.15. The smallest absolute Gasteiger partial charge is 0.182 e. The van der Waals surface area contributed by atoms with Gasteiger partial charge in [0.05, 0.1) is 5.56 Å². The van der Waals surface area contributed by atoms with Crippen molar-refractivity contribution in [1.29, 1.82) is 5.26 Å². The SMILES string of the molecule is N#Cc1ccc2nc(-c3cc(F)cc(F)c3)nn2c1. The van der Waals surface area contributed by atoms with Crippen LogP contribution in [0.4, 0.5) is 8.78 Å². The molecule has 0 unspecified atom stereocenters. The molecule has 3 aromatic rings. The van der Waals surface area contributed by atoms with Crippen molar-refractivity contribution in [2.24, 2.45) is 0 Å². The lowest BCUT2D eigenvalue weighted by molar-refractivity contribution is 0.584. The summed E-state index contributed by atoms with van der Waals surface area (Å²) < 4.78 is 27.7. The molecule has 0 radical (unpaired) electrons. The summed E-state index contributed by atoms with van der Waals surface area (Å²) in [5.74, 6) is -1.17. The van der Waals surface area contributed by atoms with E-state index in [1.165, 1.54) is 10.7 Å². The average molecular weight is 256 g/mol. The van der Waals surface area contributed by atoms with Crippen LogP contribution in [-0.4, -0.2) is 14.6 Å². The van der Waals surface area contributed by atoms with Crippen molar-refractivity contribution in [3.05, 3.63) is 53.7 Å². The van der Waals surface area contributed by atoms with Gasteiger partial charge in [-0.2, -0.15) is 5.26 Å². The van der Waals surface area contributed by atoms with E-state index in [2.05, 4.69) is 10.1 Å². The van der Waals surface area contributed by atoms with E-state index in [4.69, 9.17) is 5.26 Å². The molecule has 92 valence electrons. The minimum Gasteiger partial charge on any atom is -0.219 e. The van der Waals surface area contributed by atoms with Crippen LogP contribution in [0.1, 0.15) is 5.56 Å². The fraction of sp³-hybridized carbons (Fsp3) is 0. The molecule has 0 aliphatic heterocycles. The number of pyridine rings is 1. The lowest BCUT2D eigenvalue weighted by Crippen LogP contribution is -1.89. The maximum Gasteiger partial charge on any atom is 0.182 e. The standard InChI is InChI=1S/C13H6F2N4/c14-10-3-9(4-11(15)5-10)13-17-12-2-1-8(6-16)7-19(12)18-13/h1-5,7H. The highest BCUT2D eigenvalue weighted by molar-refractivity contribution is 5.58. The number of hydrogen-bond acceptors (Lipinski definition) is 3. The summed E-state index contributed by atoms with van der Waals surface area (Å²) in [5, 5.41) is 12.9. The van der Waals surface area contributed by atoms with E-state index in [-0.39, 0.29) is 11.4 Å². The van der Waals surface area contributed by atoms with Gasteiger partial charge in [-0.3, -0.25) is 0 Å². The molecule has 19 heavy (non-hydrogen) atoms. The first kappa shape index (κ1) is 11.3. The molecule has 0 fully saturated rings. The zero-order valence-electron chi connectivity index (χ0n) is 9.51. The first-order valence-corrected chi connectivity index (χ1v) is 5.39. The number of benzene rings is 1. The molecule has 4 nitrogen and oxygen atoms in total. The van der Waals surface area contributed by atoms with E-state index in [9.17, 15) is 8.78 Å². The van der Waals surface area contributed by atoms with Crippen molar-refractivity contribution >= 4 is 5.65 Å². The average Bonchev–Trinajstić information content (AvgIpc) is 2.80. The number of hydrogen-bond donors (Lipinski definition) is 0. The predicted molar refractivity (Wildman–Crippen MR) is 63.1 cm³/mol. The van der Waals surface area contributed by atoms with Crippen LogP contribution in [0.5, 0.6) is 0 Å². The molecule has 0 saturated heterocycles. The third-order valence-electron chi connectivity index (χ3n) is 2.58. The van der Waals surface area contributed by atoms with E-state index in [1.54, 1.807) is 12.1 Å². The lowest BCUT2D eigenvalue weighted by atomic mass is 10.2. The monoisotopic (exact) mass is 256 g/mol. The van der Waals surface area contributed by atoms with Gasteiger partial charge in [0.1, 0.15) is 17.7 Å². The molecule has 2 aromatic heterocycles. The number of aromatic nitrogens is 3. The van der Waals surface area contributed by atoms with Crippen LogP contribution >= 0.6 is 0 Å². The molecule has 0 bridgehead atoms. The normalized spacial score (nSPS) is 10.6. The van der Waals surface area contributed by atoms with Crippen molar-refractivity contribution in [3.8, 4) is 17.5 Å². The molecular formula is C13H6F2N4. The van der Waals surface area contributed by atoms with Crippen LogP contribution in [0.2, 0.25) is 0 Å². The summed E-state index contributed by atoms with van der Waals surface area (Å²) in [6.45, 7) is 0. The molecule has 0 amide bonds. The fourth-order valence-electron chi connectivity index (χ4n) is 1.75. The van der Waals surface area contributed by atoms with Crippen molar-refractivity contribution in [2.75, 3.05) is 0 Å². The molecule has 1 aromatic carbocycles. The molecular weight excluding hydrogens is 250 g/mol. The Morgan fingerprint density at radius 3 is 2.53 bits per heavy atom. The Kier molecular flexibility index (Phi) is 2.46. The van der Waals surface area contributed by atoms with Gasteiger partial charge in [-0.15, -0.1) is 5.10 Å². The van der Waals surface area contributed by atoms with Gasteiger partial charge in [0.15, 0.2) is 11.5 Å². The summed E-state index contributed by atoms with van der Waals surface area (Å²) in [7, 11) is 0. The molecule has 0 aliphatic rings. The molecule has 6 heteroatoms. The van der Waals surface area contributed by atoms with E-state index in [1.807, 2.05) is 6.07 Å². The Morgan fingerprint density at radius 2 is 1.84 bits per heavy atom. The van der Waals surface area contributed by atoms with Gasteiger partial charge >= 0.3 is 0 Å². The second kappa shape index (κ2) is 4.14. The quantitative estimate of drug-likeness (QED) is 0.672. The zero-order valence-corrected chi connectivity index (χ0v) is 9.51. The molecule has 0 aliphatic carbocycles. The van der Waals surface area contributed by atoms with E-state index < -0.39 is 11.6 Å². The Labute approximate surface area is 106 Å². The Balaban J connectivity index is 2.18. The molecule has 3 rings (SSSR count). The summed E-state index contributed by atoms with van der Waals surface area (Å²) in [4.78, 5) is 4.15. The summed E-state index contributed by atoms with van der Waals surface area (Å²) in [6.07, 6.45) is 1.50. The fourth-order valence-corrected chi connectivity index (χ4v) is 1.75. The predicted octanol–water partition coefficient (Wildman–Crippen LogP) is 2.55. The van der Waals surface area contributed by atoms with Gasteiger partial charge in [0.2, 0.25) is 0 Å². The van der Waals surface area contributed by atoms with E-state index in [0.717, 1.165) is 18.2 Å². The molecule has 0 atom stereocenters. The Hall–Kier alpha value is -2.81. The highest BCUT2D eigenvalue weighted by atomic mass is 19.1. The second-order valence-electron chi connectivity index (χ2n) is 3.93. The van der Waals surface area contributed by atoms with Crippen molar-refractivity contribution in [2.45, 2.75) is 0 Å². The molecule has 0 N–H and O–H groups in total. The number of halogens is 2. The summed E-state index contributed by atoms with van der Waals surface area (Å²) >= 11 is 0. The van der Waals surface area contributed by atoms with Crippen LogP contribution in [0.25, 0.3) is 17.0 Å². The van der Waals surface area contributed by atoms with Crippen LogP contribution in [0, 0.1) is 23.0 Å². The van der Waals surface area contributed by atoms with Crippen LogP contribution < -0.4 is 0 Å². The molecule has 0 saturated carbocycles. The highest BCUT2D eigenvalue weighted by Gasteiger charge is 2.09. The van der Waals surface area contributed by atoms with Crippen LogP contribution in [0.3, 0.4) is 0 Å². The van der Waals surface area contributed by atoms with Crippen LogP contribution in [0.15, 0.2) is 36.5 Å². The van der Waals surface area contributed by atoms with E-state index >= 15 is 0 Å².